The minimum Gasteiger partial charge on any atom is -0.395 e. The van der Waals surface area contributed by atoms with Crippen molar-refractivity contribution >= 4 is 5.84 Å². The Morgan fingerprint density at radius 2 is 2.05 bits per heavy atom. The highest BCUT2D eigenvalue weighted by Crippen LogP contribution is 2.24. The lowest BCUT2D eigenvalue weighted by atomic mass is 9.93. The summed E-state index contributed by atoms with van der Waals surface area (Å²) in [4.78, 5) is 2.37. The van der Waals surface area contributed by atoms with Gasteiger partial charge in [-0.2, -0.15) is 0 Å². The molecule has 0 amide bonds. The number of amidine groups is 1. The maximum absolute atomic E-state index is 9.29. The third-order valence-corrected chi connectivity index (χ3v) is 4.10. The number of nitrogens with one attached hydrogen (secondary N) is 1. The summed E-state index contributed by atoms with van der Waals surface area (Å²) in [6.07, 6.45) is 6.38. The fraction of sp³-hybridized carbons (Fsp3) is 0.562. The van der Waals surface area contributed by atoms with Gasteiger partial charge in [-0.3, -0.25) is 10.3 Å². The number of rotatable bonds is 6. The van der Waals surface area contributed by atoms with Crippen LogP contribution in [0.2, 0.25) is 0 Å². The van der Waals surface area contributed by atoms with Gasteiger partial charge in [0.25, 0.3) is 0 Å². The molecule has 1 aliphatic carbocycles. The van der Waals surface area contributed by atoms with E-state index in [4.69, 9.17) is 11.1 Å². The van der Waals surface area contributed by atoms with Crippen LogP contribution < -0.4 is 5.73 Å². The van der Waals surface area contributed by atoms with Crippen molar-refractivity contribution in [2.75, 3.05) is 13.2 Å². The summed E-state index contributed by atoms with van der Waals surface area (Å²) in [6, 6.07) is 8.44. The highest BCUT2D eigenvalue weighted by molar-refractivity contribution is 5.95. The predicted octanol–water partition coefficient (Wildman–Crippen LogP) is 2.10. The van der Waals surface area contributed by atoms with Gasteiger partial charge in [0.05, 0.1) is 6.61 Å². The van der Waals surface area contributed by atoms with Crippen molar-refractivity contribution < 1.29 is 5.11 Å². The van der Waals surface area contributed by atoms with Crippen molar-refractivity contribution in [1.82, 2.24) is 4.90 Å². The van der Waals surface area contributed by atoms with E-state index in [2.05, 4.69) is 11.0 Å². The first-order valence-electron chi connectivity index (χ1n) is 7.49. The van der Waals surface area contributed by atoms with Crippen LogP contribution in [0.15, 0.2) is 24.3 Å². The van der Waals surface area contributed by atoms with Crippen LogP contribution in [0.4, 0.5) is 0 Å². The summed E-state index contributed by atoms with van der Waals surface area (Å²) < 4.78 is 0. The summed E-state index contributed by atoms with van der Waals surface area (Å²) >= 11 is 0. The van der Waals surface area contributed by atoms with E-state index in [1.165, 1.54) is 32.1 Å². The molecule has 4 nitrogen and oxygen atoms in total. The fourth-order valence-electron chi connectivity index (χ4n) is 3.04. The number of hydrogen-bond donors (Lipinski definition) is 3. The smallest absolute Gasteiger partial charge is 0.122 e. The molecule has 0 aliphatic heterocycles. The van der Waals surface area contributed by atoms with Gasteiger partial charge in [0.15, 0.2) is 0 Å². The number of aliphatic hydroxyl groups excluding tert-OH is 1. The molecule has 1 aromatic rings. The molecule has 0 unspecified atom stereocenters. The molecule has 1 saturated carbocycles. The van der Waals surface area contributed by atoms with Crippen LogP contribution in [0.5, 0.6) is 0 Å². The Morgan fingerprint density at radius 1 is 1.30 bits per heavy atom. The van der Waals surface area contributed by atoms with Crippen LogP contribution in [-0.2, 0) is 6.54 Å². The average Bonchev–Trinajstić information content (AvgIpc) is 2.48. The van der Waals surface area contributed by atoms with E-state index in [1.54, 1.807) is 0 Å². The van der Waals surface area contributed by atoms with E-state index in [-0.39, 0.29) is 12.4 Å². The predicted molar refractivity (Wildman–Crippen MR) is 81.8 cm³/mol. The summed E-state index contributed by atoms with van der Waals surface area (Å²) in [5.74, 6) is 0.109. The van der Waals surface area contributed by atoms with Crippen molar-refractivity contribution in [2.24, 2.45) is 5.73 Å². The Labute approximate surface area is 121 Å². The van der Waals surface area contributed by atoms with Crippen molar-refractivity contribution in [2.45, 2.75) is 44.7 Å². The molecule has 20 heavy (non-hydrogen) atoms. The molecule has 4 heteroatoms. The van der Waals surface area contributed by atoms with E-state index in [9.17, 15) is 5.11 Å². The van der Waals surface area contributed by atoms with E-state index in [0.717, 1.165) is 24.2 Å². The van der Waals surface area contributed by atoms with Crippen molar-refractivity contribution in [3.05, 3.63) is 35.4 Å². The van der Waals surface area contributed by atoms with Crippen molar-refractivity contribution in [1.29, 1.82) is 5.41 Å². The lowest BCUT2D eigenvalue weighted by Gasteiger charge is -2.34. The zero-order chi connectivity index (χ0) is 14.4. The molecular weight excluding hydrogens is 250 g/mol. The quantitative estimate of drug-likeness (QED) is 0.550. The van der Waals surface area contributed by atoms with Crippen LogP contribution in [0, 0.1) is 5.41 Å². The highest BCUT2D eigenvalue weighted by atomic mass is 16.3. The average molecular weight is 275 g/mol. The normalized spacial score (nSPS) is 16.5. The highest BCUT2D eigenvalue weighted by Gasteiger charge is 2.20. The number of benzene rings is 1. The molecule has 0 aromatic heterocycles. The second kappa shape index (κ2) is 7.41. The molecule has 1 aliphatic rings. The number of nitrogens with zero attached hydrogens (tertiary/aromatic N) is 1. The first kappa shape index (κ1) is 15.0. The van der Waals surface area contributed by atoms with E-state index in [1.807, 2.05) is 18.2 Å². The number of nitrogens with two attached hydrogens (primary N) is 1. The molecule has 0 bridgehead atoms. The molecule has 0 heterocycles. The van der Waals surface area contributed by atoms with Crippen LogP contribution in [0.1, 0.15) is 43.2 Å². The van der Waals surface area contributed by atoms with E-state index >= 15 is 0 Å². The van der Waals surface area contributed by atoms with Crippen molar-refractivity contribution in [3.8, 4) is 0 Å². The van der Waals surface area contributed by atoms with Crippen LogP contribution >= 0.6 is 0 Å². The van der Waals surface area contributed by atoms with Crippen LogP contribution in [0.25, 0.3) is 0 Å². The molecule has 0 spiro atoms. The number of nitrogen functional groups attached to an aromatic ring is 1. The topological polar surface area (TPSA) is 73.3 Å². The first-order chi connectivity index (χ1) is 9.70. The van der Waals surface area contributed by atoms with Gasteiger partial charge in [-0.15, -0.1) is 0 Å². The minimum absolute atomic E-state index is 0.109. The Kier molecular flexibility index (Phi) is 5.56. The molecular formula is C16H25N3O. The zero-order valence-electron chi connectivity index (χ0n) is 12.0. The summed E-state index contributed by atoms with van der Waals surface area (Å²) in [5.41, 5.74) is 7.48. The Balaban J connectivity index is 2.06. The lowest BCUT2D eigenvalue weighted by Crippen LogP contribution is -2.38. The summed E-state index contributed by atoms with van der Waals surface area (Å²) in [7, 11) is 0. The molecule has 1 aromatic carbocycles. The van der Waals surface area contributed by atoms with Gasteiger partial charge in [-0.05, 0) is 24.5 Å². The number of hydrogen-bond acceptors (Lipinski definition) is 3. The monoisotopic (exact) mass is 275 g/mol. The van der Waals surface area contributed by atoms with Gasteiger partial charge in [-0.1, -0.05) is 37.5 Å². The van der Waals surface area contributed by atoms with E-state index < -0.39 is 0 Å². The zero-order valence-corrected chi connectivity index (χ0v) is 12.0. The molecule has 1 fully saturated rings. The van der Waals surface area contributed by atoms with Crippen LogP contribution in [0.3, 0.4) is 0 Å². The third-order valence-electron chi connectivity index (χ3n) is 4.10. The Hall–Kier alpha value is -1.39. The first-order valence-corrected chi connectivity index (χ1v) is 7.49. The second-order valence-corrected chi connectivity index (χ2v) is 5.60. The molecule has 0 radical (unpaired) electrons. The van der Waals surface area contributed by atoms with Crippen LogP contribution in [-0.4, -0.2) is 35.0 Å². The van der Waals surface area contributed by atoms with Crippen molar-refractivity contribution in [3.63, 3.8) is 0 Å². The fourth-order valence-corrected chi connectivity index (χ4v) is 3.04. The second-order valence-electron chi connectivity index (χ2n) is 5.60. The minimum atomic E-state index is 0.109. The molecule has 4 N–H and O–H groups in total. The van der Waals surface area contributed by atoms with Gasteiger partial charge in [0, 0.05) is 24.7 Å². The van der Waals surface area contributed by atoms with E-state index in [0.29, 0.717) is 6.04 Å². The molecule has 2 rings (SSSR count). The molecule has 0 saturated heterocycles. The lowest BCUT2D eigenvalue weighted by molar-refractivity contribution is 0.117. The summed E-state index contributed by atoms with van der Waals surface area (Å²) in [5, 5.41) is 16.8. The SMILES string of the molecule is N=C(N)c1cccc(CN(CCO)C2CCCCC2)c1. The van der Waals surface area contributed by atoms with Gasteiger partial charge in [0.1, 0.15) is 5.84 Å². The standard InChI is InChI=1S/C16H25N3O/c17-16(18)14-6-4-5-13(11-14)12-19(9-10-20)15-7-2-1-3-8-15/h4-6,11,15,20H,1-3,7-10,12H2,(H3,17,18). The molecule has 110 valence electrons. The largest absolute Gasteiger partial charge is 0.395 e. The van der Waals surface area contributed by atoms with Gasteiger partial charge >= 0.3 is 0 Å². The number of aliphatic hydroxyl groups is 1. The third kappa shape index (κ3) is 4.05. The maximum atomic E-state index is 9.29. The summed E-state index contributed by atoms with van der Waals surface area (Å²) in [6.45, 7) is 1.74. The maximum Gasteiger partial charge on any atom is 0.122 e. The van der Waals surface area contributed by atoms with Gasteiger partial charge < -0.3 is 10.8 Å². The Morgan fingerprint density at radius 3 is 2.70 bits per heavy atom. The Bertz CT molecular complexity index is 441. The van der Waals surface area contributed by atoms with Gasteiger partial charge in [-0.25, -0.2) is 0 Å². The van der Waals surface area contributed by atoms with Gasteiger partial charge in [0.2, 0.25) is 0 Å². The molecule has 0 atom stereocenters.